The molecule has 4 aromatic rings. The van der Waals surface area contributed by atoms with E-state index in [9.17, 15) is 0 Å². The number of benzene rings is 2. The average molecular weight is 353 g/mol. The minimum Gasteiger partial charge on any atom is -0.436 e. The van der Waals surface area contributed by atoms with Crippen LogP contribution < -0.4 is 4.74 Å². The number of aryl methyl sites for hydroxylation is 2. The van der Waals surface area contributed by atoms with Gasteiger partial charge in [-0.05, 0) is 49.1 Å². The standard InChI is InChI=1S/C23H19N3O/c1-16-6-10-20(11-7-16)27-23-22-25-21(15-26(22)13-12-24-23)19-9-8-17-4-2-3-5-18(17)14-19/h2,4,6-15H,3,5H2,1H3. The monoisotopic (exact) mass is 353 g/mol. The van der Waals surface area contributed by atoms with Gasteiger partial charge in [-0.1, -0.05) is 42.0 Å². The molecular weight excluding hydrogens is 334 g/mol. The van der Waals surface area contributed by atoms with Crippen LogP contribution in [0.25, 0.3) is 23.0 Å². The summed E-state index contributed by atoms with van der Waals surface area (Å²) in [5.41, 5.74) is 6.63. The fourth-order valence-corrected chi connectivity index (χ4v) is 3.42. The SMILES string of the molecule is Cc1ccc(Oc2nccn3cc(-c4ccc5c(c4)CCC=C5)nc23)cc1. The fourth-order valence-electron chi connectivity index (χ4n) is 3.42. The van der Waals surface area contributed by atoms with Gasteiger partial charge in [0.2, 0.25) is 5.65 Å². The summed E-state index contributed by atoms with van der Waals surface area (Å²) < 4.78 is 7.95. The summed E-state index contributed by atoms with van der Waals surface area (Å²) >= 11 is 0. The van der Waals surface area contributed by atoms with Gasteiger partial charge in [-0.25, -0.2) is 9.97 Å². The summed E-state index contributed by atoms with van der Waals surface area (Å²) in [6, 6.07) is 14.5. The molecule has 2 aromatic carbocycles. The molecule has 0 spiro atoms. The Balaban J connectivity index is 1.54. The van der Waals surface area contributed by atoms with Crippen LogP contribution in [0.15, 0.2) is 67.1 Å². The second-order valence-electron chi connectivity index (χ2n) is 6.86. The second-order valence-corrected chi connectivity index (χ2v) is 6.86. The first-order valence-corrected chi connectivity index (χ1v) is 9.14. The van der Waals surface area contributed by atoms with Gasteiger partial charge in [-0.15, -0.1) is 0 Å². The van der Waals surface area contributed by atoms with Crippen molar-refractivity contribution < 1.29 is 4.74 Å². The highest BCUT2D eigenvalue weighted by atomic mass is 16.5. The Labute approximate surface area is 157 Å². The smallest absolute Gasteiger partial charge is 0.263 e. The minimum absolute atomic E-state index is 0.508. The van der Waals surface area contributed by atoms with E-state index in [2.05, 4.69) is 42.3 Å². The van der Waals surface area contributed by atoms with Crippen LogP contribution in [-0.2, 0) is 6.42 Å². The number of rotatable bonds is 3. The Morgan fingerprint density at radius 3 is 2.85 bits per heavy atom. The van der Waals surface area contributed by atoms with E-state index in [1.54, 1.807) is 6.20 Å². The molecule has 4 nitrogen and oxygen atoms in total. The molecule has 0 radical (unpaired) electrons. The maximum absolute atomic E-state index is 5.98. The molecular formula is C23H19N3O. The van der Waals surface area contributed by atoms with Crippen molar-refractivity contribution >= 4 is 11.7 Å². The summed E-state index contributed by atoms with van der Waals surface area (Å²) in [5, 5.41) is 0. The summed E-state index contributed by atoms with van der Waals surface area (Å²) in [7, 11) is 0. The highest BCUT2D eigenvalue weighted by Gasteiger charge is 2.13. The van der Waals surface area contributed by atoms with Gasteiger partial charge in [0.15, 0.2) is 0 Å². The lowest BCUT2D eigenvalue weighted by Crippen LogP contribution is -1.94. The highest BCUT2D eigenvalue weighted by molar-refractivity contribution is 5.69. The van der Waals surface area contributed by atoms with Crippen molar-refractivity contribution in [2.45, 2.75) is 19.8 Å². The molecule has 1 aliphatic carbocycles. The summed E-state index contributed by atoms with van der Waals surface area (Å²) in [4.78, 5) is 9.19. The normalized spacial score (nSPS) is 12.9. The lowest BCUT2D eigenvalue weighted by Gasteiger charge is -2.11. The van der Waals surface area contributed by atoms with E-state index >= 15 is 0 Å². The van der Waals surface area contributed by atoms with Gasteiger partial charge < -0.3 is 9.14 Å². The molecule has 0 saturated carbocycles. The Morgan fingerprint density at radius 1 is 1.07 bits per heavy atom. The molecule has 27 heavy (non-hydrogen) atoms. The molecule has 4 heteroatoms. The quantitative estimate of drug-likeness (QED) is 0.491. The highest BCUT2D eigenvalue weighted by Crippen LogP contribution is 2.29. The van der Waals surface area contributed by atoms with Gasteiger partial charge in [-0.3, -0.25) is 0 Å². The van der Waals surface area contributed by atoms with Crippen LogP contribution in [0.5, 0.6) is 11.6 Å². The van der Waals surface area contributed by atoms with Crippen molar-refractivity contribution in [3.05, 3.63) is 83.8 Å². The van der Waals surface area contributed by atoms with Gasteiger partial charge in [0.1, 0.15) is 5.75 Å². The average Bonchev–Trinajstić information content (AvgIpc) is 3.15. The number of aromatic nitrogens is 3. The maximum atomic E-state index is 5.98. The number of hydrogen-bond donors (Lipinski definition) is 0. The lowest BCUT2D eigenvalue weighted by atomic mass is 9.95. The van der Waals surface area contributed by atoms with Crippen LogP contribution in [0.2, 0.25) is 0 Å². The van der Waals surface area contributed by atoms with E-state index in [4.69, 9.17) is 9.72 Å². The van der Waals surface area contributed by atoms with Crippen molar-refractivity contribution in [1.82, 2.24) is 14.4 Å². The molecule has 1 aliphatic rings. The predicted octanol–water partition coefficient (Wildman–Crippen LogP) is 5.46. The number of allylic oxidation sites excluding steroid dienone is 1. The molecule has 0 amide bonds. The van der Waals surface area contributed by atoms with Crippen molar-refractivity contribution in [2.24, 2.45) is 0 Å². The van der Waals surface area contributed by atoms with E-state index in [1.807, 2.05) is 41.1 Å². The summed E-state index contributed by atoms with van der Waals surface area (Å²) in [5.74, 6) is 1.26. The zero-order chi connectivity index (χ0) is 18.2. The number of nitrogens with zero attached hydrogens (tertiary/aromatic N) is 3. The molecule has 0 fully saturated rings. The number of hydrogen-bond acceptors (Lipinski definition) is 3. The van der Waals surface area contributed by atoms with Gasteiger partial charge in [0, 0.05) is 24.2 Å². The summed E-state index contributed by atoms with van der Waals surface area (Å²) in [6.07, 6.45) is 12.3. The summed E-state index contributed by atoms with van der Waals surface area (Å²) in [6.45, 7) is 2.05. The molecule has 0 bridgehead atoms. The van der Waals surface area contributed by atoms with Crippen LogP contribution in [0.4, 0.5) is 0 Å². The maximum Gasteiger partial charge on any atom is 0.263 e. The molecule has 2 aromatic heterocycles. The Morgan fingerprint density at radius 2 is 1.96 bits per heavy atom. The van der Waals surface area contributed by atoms with Crippen molar-refractivity contribution in [2.75, 3.05) is 0 Å². The molecule has 0 atom stereocenters. The van der Waals surface area contributed by atoms with E-state index in [1.165, 1.54) is 16.7 Å². The minimum atomic E-state index is 0.508. The second kappa shape index (κ2) is 6.40. The number of ether oxygens (including phenoxy) is 1. The van der Waals surface area contributed by atoms with Crippen LogP contribution in [-0.4, -0.2) is 14.4 Å². The first-order valence-electron chi connectivity index (χ1n) is 9.14. The third kappa shape index (κ3) is 2.99. The van der Waals surface area contributed by atoms with Crippen molar-refractivity contribution in [1.29, 1.82) is 0 Å². The first kappa shape index (κ1) is 15.8. The van der Waals surface area contributed by atoms with Gasteiger partial charge >= 0.3 is 0 Å². The van der Waals surface area contributed by atoms with Crippen LogP contribution in [0.1, 0.15) is 23.1 Å². The fraction of sp³-hybridized carbons (Fsp3) is 0.130. The lowest BCUT2D eigenvalue weighted by molar-refractivity contribution is 0.465. The first-order chi connectivity index (χ1) is 13.3. The van der Waals surface area contributed by atoms with Crippen molar-refractivity contribution in [3.63, 3.8) is 0 Å². The van der Waals surface area contributed by atoms with E-state index in [-0.39, 0.29) is 0 Å². The number of fused-ring (bicyclic) bond motifs is 2. The molecule has 5 rings (SSSR count). The van der Waals surface area contributed by atoms with E-state index in [0.29, 0.717) is 11.5 Å². The van der Waals surface area contributed by atoms with Gasteiger partial charge in [0.25, 0.3) is 5.88 Å². The Bertz CT molecular complexity index is 1160. The van der Waals surface area contributed by atoms with Crippen LogP contribution in [0, 0.1) is 6.92 Å². The number of imidazole rings is 1. The zero-order valence-corrected chi connectivity index (χ0v) is 15.1. The largest absolute Gasteiger partial charge is 0.436 e. The van der Waals surface area contributed by atoms with Crippen LogP contribution in [0.3, 0.4) is 0 Å². The predicted molar refractivity (Wildman–Crippen MR) is 107 cm³/mol. The zero-order valence-electron chi connectivity index (χ0n) is 15.1. The van der Waals surface area contributed by atoms with Gasteiger partial charge in [0.05, 0.1) is 5.69 Å². The molecule has 0 N–H and O–H groups in total. The van der Waals surface area contributed by atoms with E-state index in [0.717, 1.165) is 29.8 Å². The molecule has 132 valence electrons. The van der Waals surface area contributed by atoms with E-state index < -0.39 is 0 Å². The molecule has 2 heterocycles. The topological polar surface area (TPSA) is 39.4 Å². The Hall–Kier alpha value is -3.40. The molecule has 0 aliphatic heterocycles. The molecule has 0 unspecified atom stereocenters. The Kier molecular flexibility index (Phi) is 3.75. The van der Waals surface area contributed by atoms with Gasteiger partial charge in [-0.2, -0.15) is 0 Å². The third-order valence-corrected chi connectivity index (χ3v) is 4.89. The third-order valence-electron chi connectivity index (χ3n) is 4.89. The van der Waals surface area contributed by atoms with Crippen LogP contribution >= 0.6 is 0 Å². The molecule has 0 saturated heterocycles. The van der Waals surface area contributed by atoms with Crippen molar-refractivity contribution in [3.8, 4) is 22.9 Å².